The number of rotatable bonds is 3. The van der Waals surface area contributed by atoms with Crippen LogP contribution in [0.4, 0.5) is 0 Å². The van der Waals surface area contributed by atoms with E-state index in [4.69, 9.17) is 10.5 Å². The van der Waals surface area contributed by atoms with Gasteiger partial charge in [0.2, 0.25) is 5.91 Å². The Morgan fingerprint density at radius 1 is 1.43 bits per heavy atom. The number of methoxy groups -OCH3 is 1. The summed E-state index contributed by atoms with van der Waals surface area (Å²) in [5.74, 6) is -0.694. The van der Waals surface area contributed by atoms with Crippen LogP contribution in [0.2, 0.25) is 0 Å². The highest BCUT2D eigenvalue weighted by molar-refractivity contribution is 5.77. The Labute approximate surface area is 80.7 Å². The summed E-state index contributed by atoms with van der Waals surface area (Å²) in [6.45, 7) is 0. The maximum absolute atomic E-state index is 10.6. The number of phenols is 2. The van der Waals surface area contributed by atoms with Gasteiger partial charge >= 0.3 is 0 Å². The molecule has 0 aliphatic carbocycles. The van der Waals surface area contributed by atoms with Crippen molar-refractivity contribution in [2.45, 2.75) is 6.42 Å². The number of carbonyl (C=O) groups is 1. The molecule has 0 radical (unpaired) electrons. The van der Waals surface area contributed by atoms with Gasteiger partial charge in [-0.25, -0.2) is 0 Å². The molecule has 76 valence electrons. The molecule has 0 aliphatic rings. The summed E-state index contributed by atoms with van der Waals surface area (Å²) in [6.07, 6.45) is -0.122. The van der Waals surface area contributed by atoms with E-state index in [9.17, 15) is 15.0 Å². The summed E-state index contributed by atoms with van der Waals surface area (Å²) in [6, 6.07) is 2.48. The standard InChI is InChI=1S/C9H11NO4/c1-14-8-4-6(11)5(2-7(8)12)3-9(10)13/h2,4,11-12H,3H2,1H3,(H2,10,13). The second-order valence-electron chi connectivity index (χ2n) is 2.80. The Balaban J connectivity index is 3.08. The maximum atomic E-state index is 10.6. The van der Waals surface area contributed by atoms with Crippen LogP contribution >= 0.6 is 0 Å². The molecule has 0 spiro atoms. The molecule has 1 amide bonds. The summed E-state index contributed by atoms with van der Waals surface area (Å²) in [5.41, 5.74) is 5.22. The second-order valence-corrected chi connectivity index (χ2v) is 2.80. The molecule has 4 N–H and O–H groups in total. The number of aromatic hydroxyl groups is 2. The Kier molecular flexibility index (Phi) is 2.81. The number of primary amides is 1. The van der Waals surface area contributed by atoms with Crippen molar-refractivity contribution in [2.24, 2.45) is 5.73 Å². The number of phenolic OH excluding ortho intramolecular Hbond substituents is 2. The fraction of sp³-hybridized carbons (Fsp3) is 0.222. The van der Waals surface area contributed by atoms with E-state index in [1.807, 2.05) is 0 Å². The van der Waals surface area contributed by atoms with Crippen LogP contribution in [0.25, 0.3) is 0 Å². The molecule has 0 bridgehead atoms. The lowest BCUT2D eigenvalue weighted by atomic mass is 10.1. The average molecular weight is 197 g/mol. The number of ether oxygens (including phenoxy) is 1. The van der Waals surface area contributed by atoms with Gasteiger partial charge < -0.3 is 20.7 Å². The fourth-order valence-electron chi connectivity index (χ4n) is 1.09. The summed E-state index contributed by atoms with van der Waals surface area (Å²) in [5, 5.41) is 18.7. The highest BCUT2D eigenvalue weighted by Crippen LogP contribution is 2.33. The largest absolute Gasteiger partial charge is 0.508 e. The third kappa shape index (κ3) is 2.07. The smallest absolute Gasteiger partial charge is 0.221 e. The number of nitrogens with two attached hydrogens (primary N) is 1. The summed E-state index contributed by atoms with van der Waals surface area (Å²) in [7, 11) is 1.36. The zero-order valence-corrected chi connectivity index (χ0v) is 7.65. The van der Waals surface area contributed by atoms with Crippen LogP contribution in [-0.4, -0.2) is 23.2 Å². The topological polar surface area (TPSA) is 92.8 Å². The van der Waals surface area contributed by atoms with Gasteiger partial charge in [-0.05, 0) is 6.07 Å². The molecule has 0 atom stereocenters. The molecule has 0 fully saturated rings. The molecule has 1 rings (SSSR count). The van der Waals surface area contributed by atoms with E-state index in [1.165, 1.54) is 19.2 Å². The number of carbonyl (C=O) groups excluding carboxylic acids is 1. The van der Waals surface area contributed by atoms with E-state index in [-0.39, 0.29) is 29.2 Å². The minimum atomic E-state index is -0.579. The van der Waals surface area contributed by atoms with E-state index in [2.05, 4.69) is 0 Å². The van der Waals surface area contributed by atoms with Gasteiger partial charge in [0.15, 0.2) is 11.5 Å². The van der Waals surface area contributed by atoms with Crippen LogP contribution in [0.5, 0.6) is 17.2 Å². The molecule has 0 aromatic heterocycles. The third-order valence-corrected chi connectivity index (χ3v) is 1.74. The quantitative estimate of drug-likeness (QED) is 0.600. The molecule has 0 saturated carbocycles. The zero-order chi connectivity index (χ0) is 10.7. The molecule has 1 aromatic rings. The Bertz CT molecular complexity index is 362. The molecule has 1 aromatic carbocycles. The predicted molar refractivity (Wildman–Crippen MR) is 49.2 cm³/mol. The summed E-state index contributed by atoms with van der Waals surface area (Å²) in [4.78, 5) is 10.6. The second kappa shape index (κ2) is 3.87. The van der Waals surface area contributed by atoms with Gasteiger partial charge in [0.1, 0.15) is 5.75 Å². The number of hydrogen-bond donors (Lipinski definition) is 3. The molecule has 0 heterocycles. The van der Waals surface area contributed by atoms with Crippen LogP contribution < -0.4 is 10.5 Å². The van der Waals surface area contributed by atoms with Crippen LogP contribution in [0, 0.1) is 0 Å². The normalized spacial score (nSPS) is 9.79. The predicted octanol–water partition coefficient (Wildman–Crippen LogP) is 0.134. The number of hydrogen-bond acceptors (Lipinski definition) is 4. The van der Waals surface area contributed by atoms with E-state index in [0.717, 1.165) is 0 Å². The van der Waals surface area contributed by atoms with Gasteiger partial charge in [0.05, 0.1) is 13.5 Å². The van der Waals surface area contributed by atoms with Crippen molar-refractivity contribution >= 4 is 5.91 Å². The minimum Gasteiger partial charge on any atom is -0.508 e. The SMILES string of the molecule is COc1cc(O)c(CC(N)=O)cc1O. The molecular weight excluding hydrogens is 186 g/mol. The molecular formula is C9H11NO4. The summed E-state index contributed by atoms with van der Waals surface area (Å²) < 4.78 is 4.76. The van der Waals surface area contributed by atoms with Gasteiger partial charge in [-0.1, -0.05) is 0 Å². The van der Waals surface area contributed by atoms with Crippen molar-refractivity contribution in [3.05, 3.63) is 17.7 Å². The lowest BCUT2D eigenvalue weighted by Gasteiger charge is -2.07. The van der Waals surface area contributed by atoms with Crippen LogP contribution in [0.3, 0.4) is 0 Å². The van der Waals surface area contributed by atoms with Gasteiger partial charge in [0, 0.05) is 11.6 Å². The van der Waals surface area contributed by atoms with Crippen molar-refractivity contribution in [3.8, 4) is 17.2 Å². The first kappa shape index (κ1) is 10.2. The number of benzene rings is 1. The molecule has 5 heteroatoms. The highest BCUT2D eigenvalue weighted by atomic mass is 16.5. The first-order valence-electron chi connectivity index (χ1n) is 3.91. The summed E-state index contributed by atoms with van der Waals surface area (Å²) >= 11 is 0. The highest BCUT2D eigenvalue weighted by Gasteiger charge is 2.10. The van der Waals surface area contributed by atoms with Crippen molar-refractivity contribution in [1.82, 2.24) is 0 Å². The fourth-order valence-corrected chi connectivity index (χ4v) is 1.09. The Hall–Kier alpha value is -1.91. The molecule has 5 nitrogen and oxygen atoms in total. The van der Waals surface area contributed by atoms with E-state index in [0.29, 0.717) is 0 Å². The third-order valence-electron chi connectivity index (χ3n) is 1.74. The van der Waals surface area contributed by atoms with Crippen molar-refractivity contribution in [2.75, 3.05) is 7.11 Å². The lowest BCUT2D eigenvalue weighted by molar-refractivity contribution is -0.117. The minimum absolute atomic E-state index is 0.122. The lowest BCUT2D eigenvalue weighted by Crippen LogP contribution is -2.13. The zero-order valence-electron chi connectivity index (χ0n) is 7.65. The first-order chi connectivity index (χ1) is 6.54. The molecule has 0 aliphatic heterocycles. The number of amides is 1. The first-order valence-corrected chi connectivity index (χ1v) is 3.91. The molecule has 14 heavy (non-hydrogen) atoms. The van der Waals surface area contributed by atoms with Crippen LogP contribution in [0.1, 0.15) is 5.56 Å². The van der Waals surface area contributed by atoms with E-state index >= 15 is 0 Å². The van der Waals surface area contributed by atoms with E-state index in [1.54, 1.807) is 0 Å². The maximum Gasteiger partial charge on any atom is 0.221 e. The Morgan fingerprint density at radius 3 is 2.57 bits per heavy atom. The van der Waals surface area contributed by atoms with Crippen LogP contribution in [-0.2, 0) is 11.2 Å². The van der Waals surface area contributed by atoms with Crippen LogP contribution in [0.15, 0.2) is 12.1 Å². The monoisotopic (exact) mass is 197 g/mol. The van der Waals surface area contributed by atoms with Gasteiger partial charge in [-0.3, -0.25) is 4.79 Å². The van der Waals surface area contributed by atoms with Crippen molar-refractivity contribution in [3.63, 3.8) is 0 Å². The van der Waals surface area contributed by atoms with Crippen molar-refractivity contribution < 1.29 is 19.7 Å². The van der Waals surface area contributed by atoms with Crippen molar-refractivity contribution in [1.29, 1.82) is 0 Å². The van der Waals surface area contributed by atoms with Gasteiger partial charge in [-0.2, -0.15) is 0 Å². The van der Waals surface area contributed by atoms with Gasteiger partial charge in [0.25, 0.3) is 0 Å². The van der Waals surface area contributed by atoms with E-state index < -0.39 is 5.91 Å². The van der Waals surface area contributed by atoms with Gasteiger partial charge in [-0.15, -0.1) is 0 Å². The Morgan fingerprint density at radius 2 is 2.07 bits per heavy atom. The molecule has 0 unspecified atom stereocenters. The average Bonchev–Trinajstić information content (AvgIpc) is 2.10. The molecule has 0 saturated heterocycles.